The van der Waals surface area contributed by atoms with Gasteiger partial charge in [0.05, 0.1) is 22.1 Å². The molecule has 7 nitrogen and oxygen atoms in total. The van der Waals surface area contributed by atoms with Crippen LogP contribution in [0.15, 0.2) is 71.8 Å². The quantitative estimate of drug-likeness (QED) is 0.505. The van der Waals surface area contributed by atoms with Crippen LogP contribution in [-0.2, 0) is 16.4 Å². The normalized spacial score (nSPS) is 11.0. The minimum absolute atomic E-state index is 0.0688. The van der Waals surface area contributed by atoms with Crippen molar-refractivity contribution < 1.29 is 17.9 Å². The van der Waals surface area contributed by atoms with Crippen molar-refractivity contribution in [2.24, 2.45) is 0 Å². The summed E-state index contributed by atoms with van der Waals surface area (Å²) >= 11 is 6.14. The number of ether oxygens (including phenoxy) is 1. The molecule has 3 rings (SSSR count). The summed E-state index contributed by atoms with van der Waals surface area (Å²) in [5.74, 6) is 0.181. The highest BCUT2D eigenvalue weighted by Gasteiger charge is 2.19. The first-order valence-electron chi connectivity index (χ1n) is 9.62. The monoisotopic (exact) mass is 459 g/mol. The summed E-state index contributed by atoms with van der Waals surface area (Å²) in [7, 11) is -3.91. The molecule has 0 fully saturated rings. The molecule has 0 aliphatic carbocycles. The van der Waals surface area contributed by atoms with E-state index in [1.165, 1.54) is 18.2 Å². The molecule has 2 N–H and O–H groups in total. The van der Waals surface area contributed by atoms with E-state index in [1.807, 2.05) is 25.1 Å². The Balaban J connectivity index is 1.70. The molecule has 0 unspecified atom stereocenters. The Labute approximate surface area is 186 Å². The molecule has 0 aliphatic heterocycles. The van der Waals surface area contributed by atoms with Gasteiger partial charge in [0.2, 0.25) is 0 Å². The van der Waals surface area contributed by atoms with Crippen LogP contribution in [0.4, 0.5) is 5.69 Å². The number of hydrogen-bond donors (Lipinski definition) is 2. The first-order valence-corrected chi connectivity index (χ1v) is 11.5. The number of pyridine rings is 1. The Bertz CT molecular complexity index is 1140. The smallest absolute Gasteiger partial charge is 0.261 e. The number of sulfonamides is 1. The number of halogens is 1. The number of anilines is 1. The van der Waals surface area contributed by atoms with Crippen LogP contribution in [0.2, 0.25) is 5.02 Å². The highest BCUT2D eigenvalue weighted by atomic mass is 35.5. The summed E-state index contributed by atoms with van der Waals surface area (Å²) in [4.78, 5) is 16.7. The number of benzene rings is 2. The van der Waals surface area contributed by atoms with Crippen molar-refractivity contribution in [2.45, 2.75) is 18.2 Å². The van der Waals surface area contributed by atoms with Crippen molar-refractivity contribution in [3.8, 4) is 5.75 Å². The number of nitrogens with one attached hydrogen (secondary N) is 2. The van der Waals surface area contributed by atoms with E-state index >= 15 is 0 Å². The molecule has 0 spiro atoms. The molecule has 0 saturated heterocycles. The summed E-state index contributed by atoms with van der Waals surface area (Å²) in [6, 6.07) is 16.1. The molecular weight excluding hydrogens is 438 g/mol. The second-order valence-corrected chi connectivity index (χ2v) is 8.62. The fourth-order valence-electron chi connectivity index (χ4n) is 2.79. The van der Waals surface area contributed by atoms with Crippen LogP contribution < -0.4 is 14.8 Å². The van der Waals surface area contributed by atoms with Crippen LogP contribution >= 0.6 is 11.6 Å². The number of amides is 1. The number of carbonyl (C=O) groups is 1. The van der Waals surface area contributed by atoms with E-state index in [9.17, 15) is 13.2 Å². The lowest BCUT2D eigenvalue weighted by Crippen LogP contribution is -2.26. The maximum Gasteiger partial charge on any atom is 0.261 e. The van der Waals surface area contributed by atoms with Crippen molar-refractivity contribution in [2.75, 3.05) is 17.9 Å². The highest BCUT2D eigenvalue weighted by Crippen LogP contribution is 2.23. The fraction of sp³-hybridized carbons (Fsp3) is 0.182. The molecule has 31 heavy (non-hydrogen) atoms. The Kier molecular flexibility index (Phi) is 7.49. The third-order valence-corrected chi connectivity index (χ3v) is 6.01. The minimum Gasteiger partial charge on any atom is -0.494 e. The molecule has 0 aliphatic rings. The molecule has 0 radical (unpaired) electrons. The zero-order chi connectivity index (χ0) is 22.3. The predicted molar refractivity (Wildman–Crippen MR) is 120 cm³/mol. The van der Waals surface area contributed by atoms with E-state index in [1.54, 1.807) is 30.5 Å². The second kappa shape index (κ2) is 10.3. The van der Waals surface area contributed by atoms with Gasteiger partial charge in [0.15, 0.2) is 0 Å². The molecule has 0 atom stereocenters. The molecular formula is C22H22ClN3O4S. The van der Waals surface area contributed by atoms with E-state index in [-0.39, 0.29) is 15.5 Å². The van der Waals surface area contributed by atoms with Gasteiger partial charge in [-0.3, -0.25) is 14.5 Å². The first-order chi connectivity index (χ1) is 14.9. The average Bonchev–Trinajstić information content (AvgIpc) is 2.76. The van der Waals surface area contributed by atoms with Gasteiger partial charge in [-0.1, -0.05) is 17.7 Å². The molecule has 2 aromatic carbocycles. The Morgan fingerprint density at radius 1 is 1.10 bits per heavy atom. The van der Waals surface area contributed by atoms with Gasteiger partial charge in [-0.15, -0.1) is 0 Å². The maximum absolute atomic E-state index is 12.8. The fourth-order valence-corrected chi connectivity index (χ4v) is 4.08. The Hall–Kier alpha value is -3.10. The molecule has 162 valence electrons. The predicted octanol–water partition coefficient (Wildman–Crippen LogP) is 3.91. The lowest BCUT2D eigenvalue weighted by Gasteiger charge is -2.12. The van der Waals surface area contributed by atoms with Crippen LogP contribution in [0.3, 0.4) is 0 Å². The van der Waals surface area contributed by atoms with Gasteiger partial charge in [-0.05, 0) is 61.5 Å². The lowest BCUT2D eigenvalue weighted by molar-refractivity contribution is 0.0954. The second-order valence-electron chi connectivity index (χ2n) is 6.53. The third kappa shape index (κ3) is 6.19. The molecule has 1 amide bonds. The van der Waals surface area contributed by atoms with E-state index < -0.39 is 15.9 Å². The Morgan fingerprint density at radius 2 is 1.87 bits per heavy atom. The largest absolute Gasteiger partial charge is 0.494 e. The average molecular weight is 460 g/mol. The Morgan fingerprint density at radius 3 is 2.55 bits per heavy atom. The van der Waals surface area contributed by atoms with Crippen molar-refractivity contribution in [3.05, 3.63) is 83.1 Å². The molecule has 3 aromatic rings. The summed E-state index contributed by atoms with van der Waals surface area (Å²) in [5.41, 5.74) is 1.29. The van der Waals surface area contributed by atoms with Crippen molar-refractivity contribution in [1.29, 1.82) is 0 Å². The van der Waals surface area contributed by atoms with E-state index in [4.69, 9.17) is 16.3 Å². The SMILES string of the molecule is CCOc1ccc(NS(=O)(=O)c2ccc(Cl)c(C(=O)NCCc3ccccn3)c2)cc1. The first kappa shape index (κ1) is 22.6. The number of rotatable bonds is 9. The van der Waals surface area contributed by atoms with E-state index in [0.29, 0.717) is 31.0 Å². The van der Waals surface area contributed by atoms with Crippen LogP contribution in [0.5, 0.6) is 5.75 Å². The molecule has 1 aromatic heterocycles. The number of nitrogens with zero attached hydrogens (tertiary/aromatic N) is 1. The summed E-state index contributed by atoms with van der Waals surface area (Å²) in [6.45, 7) is 2.72. The molecule has 0 saturated carbocycles. The summed E-state index contributed by atoms with van der Waals surface area (Å²) in [6.07, 6.45) is 2.22. The zero-order valence-corrected chi connectivity index (χ0v) is 18.4. The molecule has 0 bridgehead atoms. The lowest BCUT2D eigenvalue weighted by atomic mass is 10.2. The van der Waals surface area contributed by atoms with Crippen molar-refractivity contribution >= 4 is 33.2 Å². The number of hydrogen-bond acceptors (Lipinski definition) is 5. The standard InChI is InChI=1S/C22H22ClN3O4S/c1-2-30-18-8-6-17(7-9-18)26-31(28,29)19-10-11-21(23)20(15-19)22(27)25-14-12-16-5-3-4-13-24-16/h3-11,13,15,26H,2,12,14H2,1H3,(H,25,27). The maximum atomic E-state index is 12.8. The van der Waals surface area contributed by atoms with Crippen molar-refractivity contribution in [1.82, 2.24) is 10.3 Å². The topological polar surface area (TPSA) is 97.4 Å². The van der Waals surface area contributed by atoms with Crippen LogP contribution in [-0.4, -0.2) is 32.5 Å². The third-order valence-electron chi connectivity index (χ3n) is 4.30. The summed E-state index contributed by atoms with van der Waals surface area (Å²) in [5, 5.41) is 2.90. The van der Waals surface area contributed by atoms with Gasteiger partial charge in [0.1, 0.15) is 5.75 Å². The zero-order valence-electron chi connectivity index (χ0n) is 16.8. The van der Waals surface area contributed by atoms with Crippen LogP contribution in [0.1, 0.15) is 23.0 Å². The van der Waals surface area contributed by atoms with Gasteiger partial charge >= 0.3 is 0 Å². The minimum atomic E-state index is -3.91. The molecule has 9 heteroatoms. The van der Waals surface area contributed by atoms with Gasteiger partial charge in [0.25, 0.3) is 15.9 Å². The van der Waals surface area contributed by atoms with Crippen molar-refractivity contribution in [3.63, 3.8) is 0 Å². The van der Waals surface area contributed by atoms with Crippen LogP contribution in [0, 0.1) is 0 Å². The van der Waals surface area contributed by atoms with E-state index in [0.717, 1.165) is 5.69 Å². The van der Waals surface area contributed by atoms with Gasteiger partial charge in [-0.25, -0.2) is 8.42 Å². The molecule has 1 heterocycles. The number of carbonyl (C=O) groups excluding carboxylic acids is 1. The summed E-state index contributed by atoms with van der Waals surface area (Å²) < 4.78 is 33.4. The highest BCUT2D eigenvalue weighted by molar-refractivity contribution is 7.92. The van der Waals surface area contributed by atoms with Crippen LogP contribution in [0.25, 0.3) is 0 Å². The van der Waals surface area contributed by atoms with Gasteiger partial charge in [-0.2, -0.15) is 0 Å². The number of aromatic nitrogens is 1. The van der Waals surface area contributed by atoms with Gasteiger partial charge < -0.3 is 10.1 Å². The van der Waals surface area contributed by atoms with Gasteiger partial charge in [0, 0.05) is 30.5 Å². The van der Waals surface area contributed by atoms with E-state index in [2.05, 4.69) is 15.0 Å².